The van der Waals surface area contributed by atoms with Crippen molar-refractivity contribution in [3.8, 4) is 0 Å². The Labute approximate surface area is 199 Å². The molecular weight excluding hydrogens is 454 g/mol. The summed E-state index contributed by atoms with van der Waals surface area (Å²) in [7, 11) is -1.87. The minimum atomic E-state index is -4.22. The number of methoxy groups -OCH3 is 2. The molecule has 2 bridgehead atoms. The molecule has 0 aromatic heterocycles. The standard InChI is InChI=1S/C26H27NO6S/c1-6-15-25-16-26(23(28)32-4,24(29)33-5)22(21-10-8-7-9-20(21)18(25)3)27(25)34(30,31)19-13-11-17(2)12-14-19/h6-14,22H,1,3,15-16H2,2,4-5H3/t22-,25-/m0/s1. The van der Waals surface area contributed by atoms with Gasteiger partial charge in [-0.25, -0.2) is 8.42 Å². The van der Waals surface area contributed by atoms with Gasteiger partial charge in [-0.2, -0.15) is 4.31 Å². The van der Waals surface area contributed by atoms with Gasteiger partial charge in [-0.1, -0.05) is 54.6 Å². The first-order valence-corrected chi connectivity index (χ1v) is 12.2. The van der Waals surface area contributed by atoms with Crippen LogP contribution in [-0.4, -0.2) is 44.4 Å². The number of benzene rings is 2. The zero-order chi connectivity index (χ0) is 24.9. The average Bonchev–Trinajstić information content (AvgIpc) is 3.12. The minimum Gasteiger partial charge on any atom is -0.468 e. The summed E-state index contributed by atoms with van der Waals surface area (Å²) in [6, 6.07) is 12.3. The van der Waals surface area contributed by atoms with Crippen LogP contribution in [0.3, 0.4) is 0 Å². The third-order valence-electron chi connectivity index (χ3n) is 7.00. The van der Waals surface area contributed by atoms with Crippen LogP contribution in [0.25, 0.3) is 5.57 Å². The van der Waals surface area contributed by atoms with Crippen LogP contribution in [0.2, 0.25) is 0 Å². The van der Waals surface area contributed by atoms with Crippen molar-refractivity contribution in [2.24, 2.45) is 5.41 Å². The molecule has 2 aliphatic heterocycles. The number of nitrogens with zero attached hydrogens (tertiary/aromatic N) is 1. The molecule has 2 aromatic carbocycles. The molecule has 7 nitrogen and oxygen atoms in total. The summed E-state index contributed by atoms with van der Waals surface area (Å²) in [5.41, 5.74) is -0.679. The molecule has 2 atom stereocenters. The van der Waals surface area contributed by atoms with Crippen molar-refractivity contribution in [1.29, 1.82) is 0 Å². The molecular formula is C26H27NO6S. The lowest BCUT2D eigenvalue weighted by Crippen LogP contribution is -2.52. The van der Waals surface area contributed by atoms with Gasteiger partial charge in [-0.15, -0.1) is 6.58 Å². The zero-order valence-corrected chi connectivity index (χ0v) is 20.2. The van der Waals surface area contributed by atoms with E-state index in [0.29, 0.717) is 16.7 Å². The number of carbonyl (C=O) groups is 2. The van der Waals surface area contributed by atoms with Gasteiger partial charge in [-0.05, 0) is 42.2 Å². The SMILES string of the molecule is C=CC[C@]12CC(C(=O)OC)(C(=O)OC)[C@H](c3ccccc3C1=C)N2S(=O)(=O)c1ccc(C)cc1. The lowest BCUT2D eigenvalue weighted by Gasteiger charge is -2.45. The van der Waals surface area contributed by atoms with Crippen molar-refractivity contribution in [1.82, 2.24) is 4.31 Å². The number of hydrogen-bond donors (Lipinski definition) is 0. The lowest BCUT2D eigenvalue weighted by molar-refractivity contribution is -0.170. The fourth-order valence-electron chi connectivity index (χ4n) is 5.51. The predicted octanol–water partition coefficient (Wildman–Crippen LogP) is 3.80. The summed E-state index contributed by atoms with van der Waals surface area (Å²) in [5.74, 6) is -1.72. The van der Waals surface area contributed by atoms with E-state index in [1.807, 2.05) is 19.1 Å². The van der Waals surface area contributed by atoms with Crippen LogP contribution in [0.15, 0.2) is 72.7 Å². The van der Waals surface area contributed by atoms with Crippen molar-refractivity contribution < 1.29 is 27.5 Å². The van der Waals surface area contributed by atoms with Crippen molar-refractivity contribution in [3.05, 3.63) is 84.5 Å². The van der Waals surface area contributed by atoms with Crippen molar-refractivity contribution in [2.75, 3.05) is 14.2 Å². The number of sulfonamides is 1. The highest BCUT2D eigenvalue weighted by Crippen LogP contribution is 2.66. The molecule has 2 heterocycles. The molecule has 2 aromatic rings. The van der Waals surface area contributed by atoms with Crippen LogP contribution in [0, 0.1) is 12.3 Å². The second-order valence-electron chi connectivity index (χ2n) is 8.74. The Bertz CT molecular complexity index is 1280. The Morgan fingerprint density at radius 3 is 2.24 bits per heavy atom. The molecule has 1 saturated heterocycles. The second kappa shape index (κ2) is 8.21. The van der Waals surface area contributed by atoms with E-state index in [4.69, 9.17) is 9.47 Å². The van der Waals surface area contributed by atoms with Gasteiger partial charge in [0.15, 0.2) is 5.41 Å². The first-order valence-electron chi connectivity index (χ1n) is 10.8. The predicted molar refractivity (Wildman–Crippen MR) is 127 cm³/mol. The highest BCUT2D eigenvalue weighted by atomic mass is 32.2. The first kappa shape index (κ1) is 23.9. The molecule has 178 valence electrons. The number of fused-ring (bicyclic) bond motifs is 4. The van der Waals surface area contributed by atoms with Crippen LogP contribution in [0.4, 0.5) is 0 Å². The summed E-state index contributed by atoms with van der Waals surface area (Å²) in [5, 5.41) is 0. The number of carbonyl (C=O) groups excluding carboxylic acids is 2. The van der Waals surface area contributed by atoms with Crippen molar-refractivity contribution in [2.45, 2.75) is 36.2 Å². The molecule has 0 radical (unpaired) electrons. The summed E-state index contributed by atoms with van der Waals surface area (Å²) < 4.78 is 40.0. The second-order valence-corrected chi connectivity index (χ2v) is 10.6. The van der Waals surface area contributed by atoms with Gasteiger partial charge in [-0.3, -0.25) is 9.59 Å². The number of ether oxygens (including phenoxy) is 2. The molecule has 2 aliphatic rings. The monoisotopic (exact) mass is 481 g/mol. The zero-order valence-electron chi connectivity index (χ0n) is 19.4. The molecule has 0 aliphatic carbocycles. The van der Waals surface area contributed by atoms with Gasteiger partial charge in [0.25, 0.3) is 0 Å². The third kappa shape index (κ3) is 3.02. The maximum Gasteiger partial charge on any atom is 0.325 e. The van der Waals surface area contributed by atoms with E-state index in [9.17, 15) is 18.0 Å². The molecule has 0 N–H and O–H groups in total. The van der Waals surface area contributed by atoms with Crippen LogP contribution in [0.5, 0.6) is 0 Å². The number of rotatable bonds is 6. The first-order chi connectivity index (χ1) is 16.1. The van der Waals surface area contributed by atoms with Gasteiger partial charge >= 0.3 is 11.9 Å². The van der Waals surface area contributed by atoms with Crippen LogP contribution >= 0.6 is 0 Å². The van der Waals surface area contributed by atoms with E-state index in [-0.39, 0.29) is 17.7 Å². The number of hydrogen-bond acceptors (Lipinski definition) is 6. The van der Waals surface area contributed by atoms with E-state index in [1.165, 1.54) is 30.7 Å². The van der Waals surface area contributed by atoms with E-state index in [0.717, 1.165) is 5.56 Å². The van der Waals surface area contributed by atoms with E-state index >= 15 is 0 Å². The van der Waals surface area contributed by atoms with Gasteiger partial charge in [0.05, 0.1) is 30.7 Å². The highest BCUT2D eigenvalue weighted by Gasteiger charge is 2.74. The van der Waals surface area contributed by atoms with Crippen LogP contribution < -0.4 is 0 Å². The number of esters is 2. The smallest absolute Gasteiger partial charge is 0.325 e. The highest BCUT2D eigenvalue weighted by molar-refractivity contribution is 7.89. The summed E-state index contributed by atoms with van der Waals surface area (Å²) in [6.45, 7) is 9.97. The van der Waals surface area contributed by atoms with Crippen molar-refractivity contribution in [3.63, 3.8) is 0 Å². The third-order valence-corrected chi connectivity index (χ3v) is 8.94. The Morgan fingerprint density at radius 2 is 1.68 bits per heavy atom. The minimum absolute atomic E-state index is 0.0502. The molecule has 4 rings (SSSR count). The normalized spacial score (nSPS) is 23.1. The summed E-state index contributed by atoms with van der Waals surface area (Å²) in [4.78, 5) is 26.8. The number of aryl methyl sites for hydroxylation is 1. The van der Waals surface area contributed by atoms with E-state index < -0.39 is 39.0 Å². The molecule has 0 saturated carbocycles. The molecule has 8 heteroatoms. The van der Waals surface area contributed by atoms with Gasteiger partial charge in [0.1, 0.15) is 0 Å². The van der Waals surface area contributed by atoms with Gasteiger partial charge in [0.2, 0.25) is 10.0 Å². The maximum atomic E-state index is 14.3. The Kier molecular flexibility index (Phi) is 5.78. The summed E-state index contributed by atoms with van der Waals surface area (Å²) >= 11 is 0. The Morgan fingerprint density at radius 1 is 1.09 bits per heavy atom. The Hall–Kier alpha value is -3.23. The van der Waals surface area contributed by atoms with E-state index in [2.05, 4.69) is 13.2 Å². The fraction of sp³-hybridized carbons (Fsp3) is 0.308. The average molecular weight is 482 g/mol. The van der Waals surface area contributed by atoms with Crippen LogP contribution in [-0.2, 0) is 29.1 Å². The molecule has 34 heavy (non-hydrogen) atoms. The molecule has 0 unspecified atom stereocenters. The van der Waals surface area contributed by atoms with Gasteiger partial charge in [0, 0.05) is 6.42 Å². The Balaban J connectivity index is 2.13. The fourth-order valence-corrected chi connectivity index (χ4v) is 7.50. The molecule has 0 spiro atoms. The largest absolute Gasteiger partial charge is 0.468 e. The van der Waals surface area contributed by atoms with Gasteiger partial charge < -0.3 is 9.47 Å². The molecule has 1 fully saturated rings. The topological polar surface area (TPSA) is 90.0 Å². The quantitative estimate of drug-likeness (QED) is 0.354. The van der Waals surface area contributed by atoms with E-state index in [1.54, 1.807) is 30.3 Å². The maximum absolute atomic E-state index is 14.3. The van der Waals surface area contributed by atoms with Crippen LogP contribution in [0.1, 0.15) is 35.6 Å². The summed E-state index contributed by atoms with van der Waals surface area (Å²) in [6.07, 6.45) is 1.53. The molecule has 0 amide bonds. The van der Waals surface area contributed by atoms with Crippen molar-refractivity contribution >= 4 is 27.5 Å². The lowest BCUT2D eigenvalue weighted by atomic mass is 9.75.